The lowest BCUT2D eigenvalue weighted by atomic mass is 10.1. The summed E-state index contributed by atoms with van der Waals surface area (Å²) in [4.78, 5) is 3.92. The topological polar surface area (TPSA) is 12.9 Å². The largest absolute Gasteiger partial charge is 0.258 e. The van der Waals surface area contributed by atoms with Gasteiger partial charge in [0.25, 0.3) is 0 Å². The van der Waals surface area contributed by atoms with Crippen LogP contribution in [-0.4, -0.2) is 4.98 Å². The summed E-state index contributed by atoms with van der Waals surface area (Å²) in [6, 6.07) is 1.56. The zero-order chi connectivity index (χ0) is 8.27. The Hall–Kier alpha value is -0.920. The van der Waals surface area contributed by atoms with Crippen molar-refractivity contribution in [2.75, 3.05) is 0 Å². The van der Waals surface area contributed by atoms with Gasteiger partial charge in [0.15, 0.2) is 0 Å². The predicted molar refractivity (Wildman–Crippen MR) is 42.9 cm³/mol. The summed E-state index contributed by atoms with van der Waals surface area (Å²) >= 11 is 0. The van der Waals surface area contributed by atoms with E-state index in [0.717, 1.165) is 24.1 Å². The zero-order valence-corrected chi connectivity index (χ0v) is 6.89. The van der Waals surface area contributed by atoms with Gasteiger partial charge < -0.3 is 0 Å². The molecule has 0 saturated heterocycles. The molecule has 0 unspecified atom stereocenters. The second kappa shape index (κ2) is 3.46. The number of hydrogen-bond donors (Lipinski definition) is 0. The molecule has 0 aliphatic carbocycles. The number of aryl methyl sites for hydroxylation is 2. The Morgan fingerprint density at radius 2 is 2.27 bits per heavy atom. The lowest BCUT2D eigenvalue weighted by Gasteiger charge is -2.01. The molecular formula is C9H12FN. The van der Waals surface area contributed by atoms with Crippen molar-refractivity contribution in [1.29, 1.82) is 0 Å². The van der Waals surface area contributed by atoms with Gasteiger partial charge in [0.2, 0.25) is 0 Å². The van der Waals surface area contributed by atoms with Crippen LogP contribution in [0.2, 0.25) is 0 Å². The molecule has 1 rings (SSSR count). The van der Waals surface area contributed by atoms with E-state index in [1.54, 1.807) is 6.07 Å². The minimum absolute atomic E-state index is 0.237. The van der Waals surface area contributed by atoms with Crippen LogP contribution in [0.1, 0.15) is 24.6 Å². The van der Waals surface area contributed by atoms with Gasteiger partial charge >= 0.3 is 0 Å². The molecular weight excluding hydrogens is 141 g/mol. The summed E-state index contributed by atoms with van der Waals surface area (Å²) in [6.07, 6.45) is 3.21. The Bertz CT molecular complexity index is 245. The third-order valence-electron chi connectivity index (χ3n) is 1.68. The SMILES string of the molecule is CCCc1cc(F)cnc1C. The van der Waals surface area contributed by atoms with E-state index >= 15 is 0 Å². The van der Waals surface area contributed by atoms with Gasteiger partial charge in [-0.25, -0.2) is 4.39 Å². The van der Waals surface area contributed by atoms with E-state index in [2.05, 4.69) is 11.9 Å². The van der Waals surface area contributed by atoms with Gasteiger partial charge in [-0.05, 0) is 25.0 Å². The maximum atomic E-state index is 12.6. The Labute approximate surface area is 66.3 Å². The molecule has 11 heavy (non-hydrogen) atoms. The van der Waals surface area contributed by atoms with Crippen molar-refractivity contribution in [3.63, 3.8) is 0 Å². The second-order valence-electron chi connectivity index (χ2n) is 2.65. The molecule has 0 saturated carbocycles. The van der Waals surface area contributed by atoms with E-state index in [9.17, 15) is 4.39 Å². The maximum Gasteiger partial charge on any atom is 0.141 e. The van der Waals surface area contributed by atoms with E-state index in [0.29, 0.717) is 0 Å². The summed E-state index contributed by atoms with van der Waals surface area (Å²) in [5.41, 5.74) is 1.96. The molecule has 0 N–H and O–H groups in total. The molecule has 2 heteroatoms. The Kier molecular flexibility index (Phi) is 2.58. The van der Waals surface area contributed by atoms with E-state index in [1.807, 2.05) is 6.92 Å². The van der Waals surface area contributed by atoms with Gasteiger partial charge in [-0.15, -0.1) is 0 Å². The van der Waals surface area contributed by atoms with Gasteiger partial charge in [0, 0.05) is 5.69 Å². The maximum absolute atomic E-state index is 12.6. The highest BCUT2D eigenvalue weighted by atomic mass is 19.1. The lowest BCUT2D eigenvalue weighted by molar-refractivity contribution is 0.616. The van der Waals surface area contributed by atoms with E-state index < -0.39 is 0 Å². The summed E-state index contributed by atoms with van der Waals surface area (Å²) in [5, 5.41) is 0. The molecule has 60 valence electrons. The lowest BCUT2D eigenvalue weighted by Crippen LogP contribution is -1.93. The van der Waals surface area contributed by atoms with E-state index in [4.69, 9.17) is 0 Å². The predicted octanol–water partition coefficient (Wildman–Crippen LogP) is 2.48. The molecule has 0 aromatic carbocycles. The molecule has 1 heterocycles. The highest BCUT2D eigenvalue weighted by Gasteiger charge is 1.99. The molecule has 0 radical (unpaired) electrons. The first kappa shape index (κ1) is 8.18. The Morgan fingerprint density at radius 1 is 1.55 bits per heavy atom. The average Bonchev–Trinajstić information content (AvgIpc) is 1.98. The van der Waals surface area contributed by atoms with Crippen LogP contribution in [0, 0.1) is 12.7 Å². The molecule has 0 atom stereocenters. The second-order valence-corrected chi connectivity index (χ2v) is 2.65. The summed E-state index contributed by atoms with van der Waals surface area (Å²) in [5.74, 6) is -0.237. The number of nitrogens with zero attached hydrogens (tertiary/aromatic N) is 1. The van der Waals surface area contributed by atoms with Crippen LogP contribution in [0.5, 0.6) is 0 Å². The number of pyridine rings is 1. The fourth-order valence-electron chi connectivity index (χ4n) is 1.07. The quantitative estimate of drug-likeness (QED) is 0.636. The van der Waals surface area contributed by atoms with Crippen LogP contribution >= 0.6 is 0 Å². The summed E-state index contributed by atoms with van der Waals surface area (Å²) in [7, 11) is 0. The average molecular weight is 153 g/mol. The molecule has 0 spiro atoms. The first-order chi connectivity index (χ1) is 5.24. The van der Waals surface area contributed by atoms with Crippen molar-refractivity contribution in [1.82, 2.24) is 4.98 Å². The minimum Gasteiger partial charge on any atom is -0.258 e. The number of aromatic nitrogens is 1. The van der Waals surface area contributed by atoms with Crippen LogP contribution in [-0.2, 0) is 6.42 Å². The fourth-order valence-corrected chi connectivity index (χ4v) is 1.07. The van der Waals surface area contributed by atoms with Crippen LogP contribution in [0.4, 0.5) is 4.39 Å². The van der Waals surface area contributed by atoms with Crippen LogP contribution in [0.15, 0.2) is 12.3 Å². The smallest absolute Gasteiger partial charge is 0.141 e. The van der Waals surface area contributed by atoms with Crippen molar-refractivity contribution in [2.24, 2.45) is 0 Å². The molecule has 1 aromatic heterocycles. The van der Waals surface area contributed by atoms with Gasteiger partial charge in [-0.1, -0.05) is 13.3 Å². The fraction of sp³-hybridized carbons (Fsp3) is 0.444. The van der Waals surface area contributed by atoms with Gasteiger partial charge in [0.05, 0.1) is 6.20 Å². The summed E-state index contributed by atoms with van der Waals surface area (Å²) < 4.78 is 12.6. The van der Waals surface area contributed by atoms with Crippen LogP contribution in [0.25, 0.3) is 0 Å². The van der Waals surface area contributed by atoms with E-state index in [1.165, 1.54) is 6.20 Å². The van der Waals surface area contributed by atoms with Crippen molar-refractivity contribution in [3.05, 3.63) is 29.3 Å². The van der Waals surface area contributed by atoms with Gasteiger partial charge in [-0.2, -0.15) is 0 Å². The van der Waals surface area contributed by atoms with Crippen molar-refractivity contribution in [3.8, 4) is 0 Å². The molecule has 0 aliphatic heterocycles. The molecule has 0 aliphatic rings. The highest BCUT2D eigenvalue weighted by Crippen LogP contribution is 2.08. The molecule has 0 bridgehead atoms. The van der Waals surface area contributed by atoms with Crippen molar-refractivity contribution >= 4 is 0 Å². The molecule has 0 fully saturated rings. The molecule has 1 aromatic rings. The number of halogens is 1. The van der Waals surface area contributed by atoms with Gasteiger partial charge in [0.1, 0.15) is 5.82 Å². The minimum atomic E-state index is -0.237. The third-order valence-corrected chi connectivity index (χ3v) is 1.68. The zero-order valence-electron chi connectivity index (χ0n) is 6.89. The Balaban J connectivity index is 2.93. The van der Waals surface area contributed by atoms with Gasteiger partial charge in [-0.3, -0.25) is 4.98 Å². The van der Waals surface area contributed by atoms with Crippen molar-refractivity contribution < 1.29 is 4.39 Å². The monoisotopic (exact) mass is 153 g/mol. The number of rotatable bonds is 2. The van der Waals surface area contributed by atoms with E-state index in [-0.39, 0.29) is 5.82 Å². The molecule has 1 nitrogen and oxygen atoms in total. The molecule has 0 amide bonds. The van der Waals surface area contributed by atoms with Crippen LogP contribution < -0.4 is 0 Å². The van der Waals surface area contributed by atoms with Crippen molar-refractivity contribution in [2.45, 2.75) is 26.7 Å². The number of hydrogen-bond acceptors (Lipinski definition) is 1. The normalized spacial score (nSPS) is 10.1. The first-order valence-corrected chi connectivity index (χ1v) is 3.85. The summed E-state index contributed by atoms with van der Waals surface area (Å²) in [6.45, 7) is 3.98. The first-order valence-electron chi connectivity index (χ1n) is 3.85. The Morgan fingerprint density at radius 3 is 2.91 bits per heavy atom. The van der Waals surface area contributed by atoms with Crippen LogP contribution in [0.3, 0.4) is 0 Å². The highest BCUT2D eigenvalue weighted by molar-refractivity contribution is 5.19. The standard InChI is InChI=1S/C9H12FN/c1-3-4-8-5-9(10)6-11-7(8)2/h5-6H,3-4H2,1-2H3. The third kappa shape index (κ3) is 2.00.